The van der Waals surface area contributed by atoms with E-state index in [9.17, 15) is 9.59 Å². The molecule has 0 saturated carbocycles. The maximum atomic E-state index is 11.5. The molecule has 2 aromatic heterocycles. The highest BCUT2D eigenvalue weighted by Crippen LogP contribution is 2.20. The topological polar surface area (TPSA) is 85.3 Å². The van der Waals surface area contributed by atoms with Gasteiger partial charge in [-0.15, -0.1) is 0 Å². The summed E-state index contributed by atoms with van der Waals surface area (Å²) < 4.78 is 6.58. The van der Waals surface area contributed by atoms with E-state index in [1.54, 1.807) is 13.8 Å². The van der Waals surface area contributed by atoms with Gasteiger partial charge in [0.05, 0.1) is 17.0 Å². The summed E-state index contributed by atoms with van der Waals surface area (Å²) in [5, 5.41) is 13.0. The molecule has 0 fully saturated rings. The average molecular weight is 248 g/mol. The number of carboxylic acids is 1. The van der Waals surface area contributed by atoms with Crippen LogP contribution in [-0.4, -0.2) is 26.6 Å². The molecule has 2 rings (SSSR count). The third kappa shape index (κ3) is 1.81. The number of aryl methyl sites for hydroxylation is 1. The third-order valence-corrected chi connectivity index (χ3v) is 2.65. The quantitative estimate of drug-likeness (QED) is 0.839. The van der Waals surface area contributed by atoms with E-state index in [0.29, 0.717) is 17.0 Å². The Morgan fingerprint density at radius 3 is 2.44 bits per heavy atom. The summed E-state index contributed by atoms with van der Waals surface area (Å²) in [5.41, 5.74) is 1.75. The normalized spacial score (nSPS) is 10.6. The van der Waals surface area contributed by atoms with E-state index in [1.165, 1.54) is 23.7 Å². The third-order valence-electron chi connectivity index (χ3n) is 2.65. The summed E-state index contributed by atoms with van der Waals surface area (Å²) in [7, 11) is 0. The number of carbonyl (C=O) groups excluding carboxylic acids is 1. The zero-order valence-corrected chi connectivity index (χ0v) is 10.2. The molecule has 0 aliphatic rings. The van der Waals surface area contributed by atoms with Crippen molar-refractivity contribution in [3.05, 3.63) is 34.8 Å². The number of Topliss-reactive ketones (excluding diaryl/α,β-unsaturated/α-hetero) is 1. The molecular formula is C12H12N2O4. The molecule has 94 valence electrons. The lowest BCUT2D eigenvalue weighted by atomic mass is 10.1. The van der Waals surface area contributed by atoms with Gasteiger partial charge in [-0.1, -0.05) is 0 Å². The Bertz CT molecular complexity index is 637. The van der Waals surface area contributed by atoms with E-state index in [4.69, 9.17) is 9.52 Å². The van der Waals surface area contributed by atoms with Crippen LogP contribution >= 0.6 is 0 Å². The molecule has 0 atom stereocenters. The number of nitrogens with zero attached hydrogens (tertiary/aromatic N) is 2. The van der Waals surface area contributed by atoms with E-state index < -0.39 is 5.97 Å². The SMILES string of the molecule is CC(=O)c1c(C)nn(-c2ccc(C(=O)O)o2)c1C. The van der Waals surface area contributed by atoms with Crippen LogP contribution in [0, 0.1) is 13.8 Å². The first-order valence-electron chi connectivity index (χ1n) is 5.32. The lowest BCUT2D eigenvalue weighted by Gasteiger charge is -1.99. The van der Waals surface area contributed by atoms with Crippen molar-refractivity contribution in [1.82, 2.24) is 9.78 Å². The molecule has 0 bridgehead atoms. The number of carbonyl (C=O) groups is 2. The molecule has 1 N–H and O–H groups in total. The first-order valence-corrected chi connectivity index (χ1v) is 5.32. The van der Waals surface area contributed by atoms with Crippen LogP contribution in [0.15, 0.2) is 16.5 Å². The van der Waals surface area contributed by atoms with E-state index >= 15 is 0 Å². The number of hydrogen-bond donors (Lipinski definition) is 1. The summed E-state index contributed by atoms with van der Waals surface area (Å²) in [6, 6.07) is 2.86. The van der Waals surface area contributed by atoms with Gasteiger partial charge in [-0.3, -0.25) is 4.79 Å². The van der Waals surface area contributed by atoms with Crippen LogP contribution in [0.1, 0.15) is 39.2 Å². The maximum Gasteiger partial charge on any atom is 0.371 e. The van der Waals surface area contributed by atoms with Crippen molar-refractivity contribution in [3.8, 4) is 5.88 Å². The second-order valence-electron chi connectivity index (χ2n) is 3.96. The zero-order valence-electron chi connectivity index (χ0n) is 10.2. The minimum Gasteiger partial charge on any atom is -0.475 e. The second-order valence-corrected chi connectivity index (χ2v) is 3.96. The monoisotopic (exact) mass is 248 g/mol. The molecule has 2 aromatic rings. The van der Waals surface area contributed by atoms with Gasteiger partial charge in [-0.2, -0.15) is 5.10 Å². The van der Waals surface area contributed by atoms with Gasteiger partial charge in [0.2, 0.25) is 11.6 Å². The van der Waals surface area contributed by atoms with Gasteiger partial charge in [-0.25, -0.2) is 9.48 Å². The lowest BCUT2D eigenvalue weighted by molar-refractivity contribution is 0.0661. The average Bonchev–Trinajstić information content (AvgIpc) is 2.83. The number of hydrogen-bond acceptors (Lipinski definition) is 4. The van der Waals surface area contributed by atoms with Crippen LogP contribution in [0.5, 0.6) is 0 Å². The number of rotatable bonds is 3. The Morgan fingerprint density at radius 1 is 1.33 bits per heavy atom. The van der Waals surface area contributed by atoms with Crippen molar-refractivity contribution in [2.24, 2.45) is 0 Å². The van der Waals surface area contributed by atoms with Crippen molar-refractivity contribution in [1.29, 1.82) is 0 Å². The molecule has 2 heterocycles. The summed E-state index contributed by atoms with van der Waals surface area (Å²) in [6.45, 7) is 4.92. The molecule has 6 heteroatoms. The van der Waals surface area contributed by atoms with Gasteiger partial charge >= 0.3 is 5.97 Å². The van der Waals surface area contributed by atoms with Crippen LogP contribution in [0.2, 0.25) is 0 Å². The molecule has 0 aliphatic carbocycles. The highest BCUT2D eigenvalue weighted by atomic mass is 16.4. The van der Waals surface area contributed by atoms with E-state index in [0.717, 1.165) is 0 Å². The van der Waals surface area contributed by atoms with Crippen LogP contribution in [0.25, 0.3) is 5.88 Å². The van der Waals surface area contributed by atoms with Gasteiger partial charge in [0, 0.05) is 6.07 Å². The Hall–Kier alpha value is -2.37. The van der Waals surface area contributed by atoms with Gasteiger partial charge in [-0.05, 0) is 26.8 Å². The van der Waals surface area contributed by atoms with Gasteiger partial charge < -0.3 is 9.52 Å². The predicted molar refractivity (Wildman–Crippen MR) is 62.3 cm³/mol. The fourth-order valence-corrected chi connectivity index (χ4v) is 1.92. The number of aromatic nitrogens is 2. The first kappa shape index (κ1) is 12.1. The molecule has 0 aromatic carbocycles. The minimum atomic E-state index is -1.14. The van der Waals surface area contributed by atoms with Gasteiger partial charge in [0.1, 0.15) is 0 Å². The number of furan rings is 1. The first-order chi connectivity index (χ1) is 8.41. The Labute approximate surface area is 103 Å². The summed E-state index contributed by atoms with van der Waals surface area (Å²) in [5.74, 6) is -1.11. The van der Waals surface area contributed by atoms with E-state index in [-0.39, 0.29) is 17.4 Å². The molecule has 0 unspecified atom stereocenters. The molecular weight excluding hydrogens is 236 g/mol. The standard InChI is InChI=1S/C12H12N2O4/c1-6-11(8(3)15)7(2)14(13-6)10-5-4-9(18-10)12(16)17/h4-5H,1-3H3,(H,16,17). The van der Waals surface area contributed by atoms with Gasteiger partial charge in [0.15, 0.2) is 5.78 Å². The maximum absolute atomic E-state index is 11.5. The molecule has 0 aliphatic heterocycles. The Kier molecular flexibility index (Phi) is 2.78. The number of aromatic carboxylic acids is 1. The van der Waals surface area contributed by atoms with E-state index in [1.807, 2.05) is 0 Å². The highest BCUT2D eigenvalue weighted by Gasteiger charge is 2.19. The molecule has 0 saturated heterocycles. The van der Waals surface area contributed by atoms with Crippen molar-refractivity contribution in [2.75, 3.05) is 0 Å². The number of ketones is 1. The Balaban J connectivity index is 2.54. The highest BCUT2D eigenvalue weighted by molar-refractivity contribution is 5.96. The van der Waals surface area contributed by atoms with Crippen LogP contribution in [-0.2, 0) is 0 Å². The van der Waals surface area contributed by atoms with Crippen LogP contribution in [0.4, 0.5) is 0 Å². The van der Waals surface area contributed by atoms with Crippen LogP contribution in [0.3, 0.4) is 0 Å². The number of carboxylic acid groups (broad SMARTS) is 1. The molecule has 0 radical (unpaired) electrons. The smallest absolute Gasteiger partial charge is 0.371 e. The van der Waals surface area contributed by atoms with Crippen LogP contribution < -0.4 is 0 Å². The van der Waals surface area contributed by atoms with Gasteiger partial charge in [0.25, 0.3) is 0 Å². The van der Waals surface area contributed by atoms with Crippen molar-refractivity contribution >= 4 is 11.8 Å². The summed E-state index contributed by atoms with van der Waals surface area (Å²) in [4.78, 5) is 22.2. The molecule has 0 spiro atoms. The predicted octanol–water partition coefficient (Wildman–Crippen LogP) is 1.98. The molecule has 0 amide bonds. The van der Waals surface area contributed by atoms with Crippen molar-refractivity contribution in [2.45, 2.75) is 20.8 Å². The largest absolute Gasteiger partial charge is 0.475 e. The molecule has 6 nitrogen and oxygen atoms in total. The Morgan fingerprint density at radius 2 is 2.00 bits per heavy atom. The lowest BCUT2D eigenvalue weighted by Crippen LogP contribution is -2.00. The molecule has 18 heavy (non-hydrogen) atoms. The summed E-state index contributed by atoms with van der Waals surface area (Å²) in [6.07, 6.45) is 0. The fourth-order valence-electron chi connectivity index (χ4n) is 1.92. The zero-order chi connectivity index (χ0) is 13.4. The van der Waals surface area contributed by atoms with Crippen molar-refractivity contribution < 1.29 is 19.1 Å². The second kappa shape index (κ2) is 4.14. The fraction of sp³-hybridized carbons (Fsp3) is 0.250. The minimum absolute atomic E-state index is 0.0822. The van der Waals surface area contributed by atoms with E-state index in [2.05, 4.69) is 5.10 Å². The summed E-state index contributed by atoms with van der Waals surface area (Å²) >= 11 is 0. The van der Waals surface area contributed by atoms with Crippen molar-refractivity contribution in [3.63, 3.8) is 0 Å².